The summed E-state index contributed by atoms with van der Waals surface area (Å²) in [6, 6.07) is 9.90. The summed E-state index contributed by atoms with van der Waals surface area (Å²) in [7, 11) is 0. The van der Waals surface area contributed by atoms with E-state index in [9.17, 15) is 4.79 Å². The average molecular weight is 294 g/mol. The van der Waals surface area contributed by atoms with Crippen molar-refractivity contribution in [3.05, 3.63) is 52.6 Å². The number of nitrogens with zero attached hydrogens (tertiary/aromatic N) is 1. The highest BCUT2D eigenvalue weighted by Crippen LogP contribution is 2.27. The molecule has 0 saturated heterocycles. The molecule has 17 heavy (non-hydrogen) atoms. The Hall–Kier alpha value is -1.88. The van der Waals surface area contributed by atoms with Crippen LogP contribution in [-0.4, -0.2) is 16.1 Å². The molecular formula is C12H8BrNO3. The van der Waals surface area contributed by atoms with Crippen LogP contribution < -0.4 is 4.74 Å². The molecule has 0 aliphatic rings. The third kappa shape index (κ3) is 2.82. The van der Waals surface area contributed by atoms with Gasteiger partial charge < -0.3 is 9.84 Å². The van der Waals surface area contributed by atoms with E-state index < -0.39 is 5.97 Å². The molecule has 0 aliphatic heterocycles. The van der Waals surface area contributed by atoms with Crippen LogP contribution in [0.3, 0.4) is 0 Å². The summed E-state index contributed by atoms with van der Waals surface area (Å²) in [4.78, 5) is 15.0. The molecule has 5 heteroatoms. The van der Waals surface area contributed by atoms with E-state index in [1.54, 1.807) is 36.5 Å². The fourth-order valence-electron chi connectivity index (χ4n) is 1.28. The Kier molecular flexibility index (Phi) is 3.39. The minimum atomic E-state index is -1.04. The molecule has 0 fully saturated rings. The molecule has 1 N–H and O–H groups in total. The minimum Gasteiger partial charge on any atom is -0.478 e. The molecule has 2 rings (SSSR count). The zero-order chi connectivity index (χ0) is 12.3. The van der Waals surface area contributed by atoms with E-state index in [2.05, 4.69) is 20.9 Å². The van der Waals surface area contributed by atoms with E-state index in [0.29, 0.717) is 5.88 Å². The number of pyridine rings is 1. The molecule has 86 valence electrons. The molecule has 0 atom stereocenters. The normalized spacial score (nSPS) is 9.94. The van der Waals surface area contributed by atoms with Crippen LogP contribution in [0, 0.1) is 0 Å². The molecule has 1 heterocycles. The number of carbonyl (C=O) groups is 1. The first-order valence-corrected chi connectivity index (χ1v) is 5.58. The Balaban J connectivity index is 2.37. The van der Waals surface area contributed by atoms with Gasteiger partial charge in [-0.25, -0.2) is 9.78 Å². The first-order chi connectivity index (χ1) is 8.16. The van der Waals surface area contributed by atoms with Crippen molar-refractivity contribution in [1.82, 2.24) is 4.98 Å². The number of carboxylic acid groups (broad SMARTS) is 1. The van der Waals surface area contributed by atoms with Gasteiger partial charge in [-0.05, 0) is 24.3 Å². The molecule has 0 radical (unpaired) electrons. The second-order valence-corrected chi connectivity index (χ2v) is 4.13. The number of rotatable bonds is 3. The van der Waals surface area contributed by atoms with Gasteiger partial charge >= 0.3 is 5.97 Å². The number of hydrogen-bond donors (Lipinski definition) is 1. The van der Waals surface area contributed by atoms with Gasteiger partial charge in [0, 0.05) is 16.7 Å². The number of aromatic nitrogens is 1. The number of carboxylic acids is 1. The van der Waals surface area contributed by atoms with Crippen molar-refractivity contribution in [2.75, 3.05) is 0 Å². The Bertz CT molecular complexity index is 543. The molecule has 1 aromatic carbocycles. The van der Waals surface area contributed by atoms with E-state index >= 15 is 0 Å². The van der Waals surface area contributed by atoms with Crippen LogP contribution in [0.25, 0.3) is 0 Å². The third-order valence-corrected chi connectivity index (χ3v) is 2.52. The quantitative estimate of drug-likeness (QED) is 0.943. The van der Waals surface area contributed by atoms with E-state index in [-0.39, 0.29) is 11.3 Å². The van der Waals surface area contributed by atoms with Crippen LogP contribution in [-0.2, 0) is 0 Å². The maximum absolute atomic E-state index is 11.0. The second kappa shape index (κ2) is 4.97. The SMILES string of the molecule is O=C(O)c1ccc(Br)cc1Oc1ccccn1. The average Bonchev–Trinajstić information content (AvgIpc) is 2.30. The van der Waals surface area contributed by atoms with Crippen LogP contribution in [0.15, 0.2) is 47.1 Å². The van der Waals surface area contributed by atoms with Crippen molar-refractivity contribution in [3.63, 3.8) is 0 Å². The molecule has 0 spiro atoms. The Morgan fingerprint density at radius 3 is 2.76 bits per heavy atom. The highest BCUT2D eigenvalue weighted by Gasteiger charge is 2.12. The Labute approximate surface area is 106 Å². The van der Waals surface area contributed by atoms with Crippen molar-refractivity contribution >= 4 is 21.9 Å². The fraction of sp³-hybridized carbons (Fsp3) is 0. The minimum absolute atomic E-state index is 0.0962. The predicted octanol–water partition coefficient (Wildman–Crippen LogP) is 3.33. The van der Waals surface area contributed by atoms with Crippen molar-refractivity contribution in [3.8, 4) is 11.6 Å². The number of aromatic carboxylic acids is 1. The van der Waals surface area contributed by atoms with Crippen molar-refractivity contribution < 1.29 is 14.6 Å². The van der Waals surface area contributed by atoms with Gasteiger partial charge in [0.1, 0.15) is 11.3 Å². The van der Waals surface area contributed by atoms with Crippen molar-refractivity contribution in [2.45, 2.75) is 0 Å². The van der Waals surface area contributed by atoms with Crippen LogP contribution >= 0.6 is 15.9 Å². The van der Waals surface area contributed by atoms with Gasteiger partial charge in [0.25, 0.3) is 0 Å². The summed E-state index contributed by atoms with van der Waals surface area (Å²) in [5, 5.41) is 9.02. The number of halogens is 1. The molecule has 0 aliphatic carbocycles. The lowest BCUT2D eigenvalue weighted by Gasteiger charge is -2.07. The smallest absolute Gasteiger partial charge is 0.339 e. The molecule has 0 unspecified atom stereocenters. The first-order valence-electron chi connectivity index (χ1n) is 4.78. The Morgan fingerprint density at radius 2 is 2.12 bits per heavy atom. The van der Waals surface area contributed by atoms with Gasteiger partial charge in [-0.1, -0.05) is 22.0 Å². The highest BCUT2D eigenvalue weighted by molar-refractivity contribution is 9.10. The van der Waals surface area contributed by atoms with Gasteiger partial charge in [-0.3, -0.25) is 0 Å². The maximum atomic E-state index is 11.0. The fourth-order valence-corrected chi connectivity index (χ4v) is 1.62. The maximum Gasteiger partial charge on any atom is 0.339 e. The molecule has 1 aromatic heterocycles. The number of ether oxygens (including phenoxy) is 1. The van der Waals surface area contributed by atoms with Gasteiger partial charge in [-0.2, -0.15) is 0 Å². The van der Waals surface area contributed by atoms with E-state index in [0.717, 1.165) is 4.47 Å². The first kappa shape index (κ1) is 11.6. The van der Waals surface area contributed by atoms with Crippen LogP contribution in [0.4, 0.5) is 0 Å². The number of hydrogen-bond acceptors (Lipinski definition) is 3. The van der Waals surface area contributed by atoms with Crippen LogP contribution in [0.2, 0.25) is 0 Å². The summed E-state index contributed by atoms with van der Waals surface area (Å²) in [6.45, 7) is 0. The zero-order valence-corrected chi connectivity index (χ0v) is 10.2. The molecule has 0 bridgehead atoms. The summed E-state index contributed by atoms with van der Waals surface area (Å²) in [6.07, 6.45) is 1.58. The van der Waals surface area contributed by atoms with Crippen molar-refractivity contribution in [2.24, 2.45) is 0 Å². The topological polar surface area (TPSA) is 59.4 Å². The number of benzene rings is 1. The summed E-state index contributed by atoms with van der Waals surface area (Å²) in [5.74, 6) is -0.429. The molecule has 0 saturated carbocycles. The van der Waals surface area contributed by atoms with E-state index in [4.69, 9.17) is 9.84 Å². The van der Waals surface area contributed by atoms with Gasteiger partial charge in [-0.15, -0.1) is 0 Å². The standard InChI is InChI=1S/C12H8BrNO3/c13-8-4-5-9(12(15)16)10(7-8)17-11-3-1-2-6-14-11/h1-7H,(H,15,16). The lowest BCUT2D eigenvalue weighted by atomic mass is 10.2. The zero-order valence-electron chi connectivity index (χ0n) is 8.63. The predicted molar refractivity (Wildman–Crippen MR) is 65.4 cm³/mol. The molecule has 4 nitrogen and oxygen atoms in total. The van der Waals surface area contributed by atoms with Crippen LogP contribution in [0.1, 0.15) is 10.4 Å². The third-order valence-electron chi connectivity index (χ3n) is 2.03. The summed E-state index contributed by atoms with van der Waals surface area (Å²) in [5.41, 5.74) is 0.0962. The van der Waals surface area contributed by atoms with E-state index in [1.165, 1.54) is 6.07 Å². The lowest BCUT2D eigenvalue weighted by Crippen LogP contribution is -2.00. The van der Waals surface area contributed by atoms with E-state index in [1.807, 2.05) is 0 Å². The molecular weight excluding hydrogens is 286 g/mol. The van der Waals surface area contributed by atoms with Gasteiger partial charge in [0.15, 0.2) is 0 Å². The molecule has 2 aromatic rings. The monoisotopic (exact) mass is 293 g/mol. The van der Waals surface area contributed by atoms with Crippen molar-refractivity contribution in [1.29, 1.82) is 0 Å². The Morgan fingerprint density at radius 1 is 1.29 bits per heavy atom. The highest BCUT2D eigenvalue weighted by atomic mass is 79.9. The van der Waals surface area contributed by atoms with Gasteiger partial charge in [0.05, 0.1) is 0 Å². The lowest BCUT2D eigenvalue weighted by molar-refractivity contribution is 0.0694. The summed E-state index contributed by atoms with van der Waals surface area (Å²) < 4.78 is 6.17. The van der Waals surface area contributed by atoms with Crippen LogP contribution in [0.5, 0.6) is 11.6 Å². The second-order valence-electron chi connectivity index (χ2n) is 3.22. The molecule has 0 amide bonds. The largest absolute Gasteiger partial charge is 0.478 e. The van der Waals surface area contributed by atoms with Gasteiger partial charge in [0.2, 0.25) is 5.88 Å². The summed E-state index contributed by atoms with van der Waals surface area (Å²) >= 11 is 3.27.